The topological polar surface area (TPSA) is 90.7 Å². The summed E-state index contributed by atoms with van der Waals surface area (Å²) in [5.41, 5.74) is 1.87. The van der Waals surface area contributed by atoms with Crippen molar-refractivity contribution >= 4 is 13.5 Å². The third-order valence-electron chi connectivity index (χ3n) is 1.15. The first-order valence-electron chi connectivity index (χ1n) is 3.95. The SMILES string of the molecule is CCOP(=O)(CC(=O)NN)OCC. The van der Waals surface area contributed by atoms with Gasteiger partial charge in [-0.1, -0.05) is 0 Å². The number of hydrogen-bond acceptors (Lipinski definition) is 5. The van der Waals surface area contributed by atoms with E-state index in [1.165, 1.54) is 0 Å². The Morgan fingerprint density at radius 1 is 1.38 bits per heavy atom. The number of rotatable bonds is 6. The molecule has 0 aliphatic rings. The molecule has 6 nitrogen and oxygen atoms in total. The first-order chi connectivity index (χ1) is 6.08. The van der Waals surface area contributed by atoms with Crippen LogP contribution >= 0.6 is 7.60 Å². The maximum absolute atomic E-state index is 11.6. The van der Waals surface area contributed by atoms with Crippen LogP contribution in [0.15, 0.2) is 0 Å². The van der Waals surface area contributed by atoms with Crippen LogP contribution in [0.25, 0.3) is 0 Å². The van der Waals surface area contributed by atoms with Gasteiger partial charge in [0.1, 0.15) is 6.16 Å². The van der Waals surface area contributed by atoms with Crippen LogP contribution in [-0.2, 0) is 18.4 Å². The number of nitrogens with one attached hydrogen (secondary N) is 1. The van der Waals surface area contributed by atoms with Crippen LogP contribution < -0.4 is 11.3 Å². The lowest BCUT2D eigenvalue weighted by Crippen LogP contribution is -2.32. The molecule has 7 heteroatoms. The Morgan fingerprint density at radius 3 is 2.15 bits per heavy atom. The van der Waals surface area contributed by atoms with Crippen LogP contribution in [0, 0.1) is 0 Å². The van der Waals surface area contributed by atoms with Gasteiger partial charge in [-0.05, 0) is 13.8 Å². The molecule has 0 aromatic carbocycles. The molecule has 0 unspecified atom stereocenters. The number of carbonyl (C=O) groups excluding carboxylic acids is 1. The van der Waals surface area contributed by atoms with Crippen molar-refractivity contribution in [3.8, 4) is 0 Å². The molecule has 0 spiro atoms. The smallest absolute Gasteiger partial charge is 0.309 e. The van der Waals surface area contributed by atoms with Crippen molar-refractivity contribution in [2.45, 2.75) is 13.8 Å². The second-order valence-electron chi connectivity index (χ2n) is 2.17. The normalized spacial score (nSPS) is 11.3. The van der Waals surface area contributed by atoms with Gasteiger partial charge in [0, 0.05) is 0 Å². The third-order valence-corrected chi connectivity index (χ3v) is 3.13. The molecule has 0 aromatic rings. The molecule has 0 bridgehead atoms. The fraction of sp³-hybridized carbons (Fsp3) is 0.833. The minimum atomic E-state index is -3.28. The highest BCUT2D eigenvalue weighted by Gasteiger charge is 2.26. The first-order valence-corrected chi connectivity index (χ1v) is 5.68. The van der Waals surface area contributed by atoms with E-state index in [0.29, 0.717) is 0 Å². The van der Waals surface area contributed by atoms with Gasteiger partial charge in [-0.15, -0.1) is 0 Å². The third kappa shape index (κ3) is 5.00. The van der Waals surface area contributed by atoms with Crippen LogP contribution in [-0.4, -0.2) is 25.3 Å². The quantitative estimate of drug-likeness (QED) is 0.283. The Hall–Kier alpha value is -0.420. The van der Waals surface area contributed by atoms with E-state index >= 15 is 0 Å². The van der Waals surface area contributed by atoms with Gasteiger partial charge < -0.3 is 9.05 Å². The molecule has 0 aliphatic carbocycles. The van der Waals surface area contributed by atoms with Crippen LogP contribution in [0.2, 0.25) is 0 Å². The fourth-order valence-electron chi connectivity index (χ4n) is 0.743. The number of amides is 1. The monoisotopic (exact) mass is 210 g/mol. The van der Waals surface area contributed by atoms with E-state index in [-0.39, 0.29) is 19.4 Å². The number of carbonyl (C=O) groups is 1. The van der Waals surface area contributed by atoms with E-state index in [0.717, 1.165) is 0 Å². The van der Waals surface area contributed by atoms with E-state index in [4.69, 9.17) is 14.9 Å². The molecule has 0 aliphatic heterocycles. The summed E-state index contributed by atoms with van der Waals surface area (Å²) < 4.78 is 21.3. The van der Waals surface area contributed by atoms with Crippen molar-refractivity contribution in [3.05, 3.63) is 0 Å². The van der Waals surface area contributed by atoms with Crippen molar-refractivity contribution in [2.75, 3.05) is 19.4 Å². The van der Waals surface area contributed by atoms with Crippen molar-refractivity contribution in [1.82, 2.24) is 5.43 Å². The molecule has 78 valence electrons. The molecule has 0 aromatic heterocycles. The maximum Gasteiger partial charge on any atom is 0.340 e. The zero-order valence-corrected chi connectivity index (χ0v) is 8.67. The second kappa shape index (κ2) is 6.10. The number of hydrazine groups is 1. The van der Waals surface area contributed by atoms with E-state index < -0.39 is 13.5 Å². The average Bonchev–Trinajstić information content (AvgIpc) is 2.04. The number of nitrogens with two attached hydrogens (primary N) is 1. The van der Waals surface area contributed by atoms with Crippen molar-refractivity contribution in [2.24, 2.45) is 5.84 Å². The summed E-state index contributed by atoms with van der Waals surface area (Å²) in [5.74, 6) is 4.28. The molecule has 0 saturated carbocycles. The molecular weight excluding hydrogens is 195 g/mol. The van der Waals surface area contributed by atoms with Gasteiger partial charge in [0.15, 0.2) is 0 Å². The summed E-state index contributed by atoms with van der Waals surface area (Å²) in [4.78, 5) is 10.8. The molecule has 0 fully saturated rings. The van der Waals surface area contributed by atoms with Crippen LogP contribution in [0.4, 0.5) is 0 Å². The van der Waals surface area contributed by atoms with Gasteiger partial charge in [-0.2, -0.15) is 0 Å². The highest BCUT2D eigenvalue weighted by Crippen LogP contribution is 2.47. The summed E-state index contributed by atoms with van der Waals surface area (Å²) in [6.45, 7) is 3.81. The van der Waals surface area contributed by atoms with Gasteiger partial charge in [-0.25, -0.2) is 5.84 Å². The maximum atomic E-state index is 11.6. The van der Waals surface area contributed by atoms with Crippen molar-refractivity contribution in [1.29, 1.82) is 0 Å². The van der Waals surface area contributed by atoms with E-state index in [1.807, 2.05) is 5.43 Å². The largest absolute Gasteiger partial charge is 0.340 e. The van der Waals surface area contributed by atoms with E-state index in [1.54, 1.807) is 13.8 Å². The molecule has 0 heterocycles. The molecule has 0 atom stereocenters. The predicted molar refractivity (Wildman–Crippen MR) is 48.1 cm³/mol. The lowest BCUT2D eigenvalue weighted by molar-refractivity contribution is -0.118. The summed E-state index contributed by atoms with van der Waals surface area (Å²) in [5, 5.41) is 0. The molecule has 0 radical (unpaired) electrons. The van der Waals surface area contributed by atoms with Crippen LogP contribution in [0.1, 0.15) is 13.8 Å². The summed E-state index contributed by atoms with van der Waals surface area (Å²) in [7, 11) is -3.28. The van der Waals surface area contributed by atoms with E-state index in [9.17, 15) is 9.36 Å². The van der Waals surface area contributed by atoms with Gasteiger partial charge in [0.25, 0.3) is 0 Å². The molecule has 1 amide bonds. The fourth-order valence-corrected chi connectivity index (χ4v) is 2.23. The molecule has 0 rings (SSSR count). The highest BCUT2D eigenvalue weighted by atomic mass is 31.2. The standard InChI is InChI=1S/C6H15N2O4P/c1-3-11-13(10,12-4-2)5-6(9)8-7/h3-5,7H2,1-2H3,(H,8,9). The van der Waals surface area contributed by atoms with Gasteiger partial charge >= 0.3 is 7.60 Å². The van der Waals surface area contributed by atoms with E-state index in [2.05, 4.69) is 0 Å². The van der Waals surface area contributed by atoms with Crippen molar-refractivity contribution < 1.29 is 18.4 Å². The van der Waals surface area contributed by atoms with Crippen LogP contribution in [0.5, 0.6) is 0 Å². The van der Waals surface area contributed by atoms with Gasteiger partial charge in [-0.3, -0.25) is 14.8 Å². The first kappa shape index (κ1) is 12.6. The lowest BCUT2D eigenvalue weighted by atomic mass is 10.8. The number of hydrogen-bond donors (Lipinski definition) is 2. The molecule has 0 saturated heterocycles. The Balaban J connectivity index is 4.23. The molecular formula is C6H15N2O4P. The summed E-state index contributed by atoms with van der Waals surface area (Å²) in [6.07, 6.45) is -0.342. The second-order valence-corrected chi connectivity index (χ2v) is 4.23. The molecule has 13 heavy (non-hydrogen) atoms. The summed E-state index contributed by atoms with van der Waals surface area (Å²) in [6, 6.07) is 0. The highest BCUT2D eigenvalue weighted by molar-refractivity contribution is 7.54. The summed E-state index contributed by atoms with van der Waals surface area (Å²) >= 11 is 0. The average molecular weight is 210 g/mol. The van der Waals surface area contributed by atoms with Gasteiger partial charge in [0.05, 0.1) is 13.2 Å². The Bertz CT molecular complexity index is 199. The zero-order chi connectivity index (χ0) is 10.3. The van der Waals surface area contributed by atoms with Crippen LogP contribution in [0.3, 0.4) is 0 Å². The van der Waals surface area contributed by atoms with Gasteiger partial charge in [0.2, 0.25) is 5.91 Å². The lowest BCUT2D eigenvalue weighted by Gasteiger charge is -2.15. The minimum Gasteiger partial charge on any atom is -0.309 e. The molecule has 3 N–H and O–H groups in total. The van der Waals surface area contributed by atoms with Crippen molar-refractivity contribution in [3.63, 3.8) is 0 Å². The predicted octanol–water partition coefficient (Wildman–Crippen LogP) is 0.242. The Morgan fingerprint density at radius 2 is 1.85 bits per heavy atom. The minimum absolute atomic E-state index is 0.231. The Kier molecular flexibility index (Phi) is 5.90. The Labute approximate surface area is 77.3 Å². The zero-order valence-electron chi connectivity index (χ0n) is 7.78.